The van der Waals surface area contributed by atoms with Crippen molar-refractivity contribution in [3.63, 3.8) is 0 Å². The van der Waals surface area contributed by atoms with E-state index in [9.17, 15) is 4.79 Å². The number of carbonyl (C=O) groups is 1. The Hall–Kier alpha value is -3.09. The molecule has 2 aromatic heterocycles. The van der Waals surface area contributed by atoms with Gasteiger partial charge in [-0.15, -0.1) is 0 Å². The van der Waals surface area contributed by atoms with E-state index < -0.39 is 0 Å². The number of nitrogens with two attached hydrogens (primary N) is 1. The molecule has 1 amide bonds. The summed E-state index contributed by atoms with van der Waals surface area (Å²) >= 11 is 0. The van der Waals surface area contributed by atoms with E-state index >= 15 is 0 Å². The Kier molecular flexibility index (Phi) is 4.90. The van der Waals surface area contributed by atoms with Gasteiger partial charge >= 0.3 is 0 Å². The van der Waals surface area contributed by atoms with Crippen LogP contribution in [0, 0.1) is 6.92 Å². The normalized spacial score (nSPS) is 14.5. The molecular weight excluding hydrogens is 354 g/mol. The van der Waals surface area contributed by atoms with Crippen LogP contribution in [0.2, 0.25) is 0 Å². The molecule has 1 fully saturated rings. The number of rotatable bonds is 5. The summed E-state index contributed by atoms with van der Waals surface area (Å²) in [6.07, 6.45) is 6.35. The zero-order valence-corrected chi connectivity index (χ0v) is 16.2. The molecule has 1 saturated carbocycles. The van der Waals surface area contributed by atoms with Crippen LogP contribution >= 0.6 is 0 Å². The summed E-state index contributed by atoms with van der Waals surface area (Å²) in [6.45, 7) is 2.25. The second-order valence-electron chi connectivity index (χ2n) is 7.23. The van der Waals surface area contributed by atoms with Crippen LogP contribution in [0.4, 0.5) is 5.82 Å². The SMILES string of the molecule is COc1ccc2c(c1)c(C(=O)NCc1nccc(N)n1)c(C)n2C1CCCC1. The Morgan fingerprint density at radius 1 is 1.32 bits per heavy atom. The van der Waals surface area contributed by atoms with E-state index in [0.717, 1.165) is 35.2 Å². The molecule has 0 bridgehead atoms. The molecule has 7 nitrogen and oxygen atoms in total. The highest BCUT2D eigenvalue weighted by atomic mass is 16.5. The standard InChI is InChI=1S/C21H25N5O2/c1-13-20(21(27)24-12-19-23-10-9-18(22)25-19)16-11-15(28-2)7-8-17(16)26(13)14-5-3-4-6-14/h7-11,14H,3-6,12H2,1-2H3,(H,24,27)(H2,22,23,25). The molecule has 0 atom stereocenters. The second kappa shape index (κ2) is 7.50. The van der Waals surface area contributed by atoms with Gasteiger partial charge in [-0.1, -0.05) is 12.8 Å². The van der Waals surface area contributed by atoms with Gasteiger partial charge in [-0.05, 0) is 44.0 Å². The first kappa shape index (κ1) is 18.3. The van der Waals surface area contributed by atoms with Gasteiger partial charge in [-0.2, -0.15) is 0 Å². The Morgan fingerprint density at radius 2 is 2.11 bits per heavy atom. The molecule has 0 radical (unpaired) electrons. The van der Waals surface area contributed by atoms with Crippen LogP contribution in [0.5, 0.6) is 5.75 Å². The Labute approximate surface area is 163 Å². The third-order valence-corrected chi connectivity index (χ3v) is 5.51. The summed E-state index contributed by atoms with van der Waals surface area (Å²) < 4.78 is 7.73. The number of carbonyl (C=O) groups excluding carboxylic acids is 1. The molecule has 1 aliphatic carbocycles. The third-order valence-electron chi connectivity index (χ3n) is 5.51. The van der Waals surface area contributed by atoms with Gasteiger partial charge in [0, 0.05) is 28.8 Å². The molecule has 3 aromatic rings. The highest BCUT2D eigenvalue weighted by molar-refractivity contribution is 6.08. The molecule has 1 aromatic carbocycles. The molecule has 146 valence electrons. The molecule has 0 spiro atoms. The molecule has 4 rings (SSSR count). The predicted molar refractivity (Wildman–Crippen MR) is 108 cm³/mol. The lowest BCUT2D eigenvalue weighted by Crippen LogP contribution is -2.25. The molecule has 2 heterocycles. The molecule has 1 aliphatic rings. The maximum atomic E-state index is 13.1. The highest BCUT2D eigenvalue weighted by Gasteiger charge is 2.26. The number of aromatic nitrogens is 3. The van der Waals surface area contributed by atoms with Gasteiger partial charge < -0.3 is 20.4 Å². The number of hydrogen-bond donors (Lipinski definition) is 2. The van der Waals surface area contributed by atoms with Crippen molar-refractivity contribution in [1.29, 1.82) is 0 Å². The maximum absolute atomic E-state index is 13.1. The number of anilines is 1. The van der Waals surface area contributed by atoms with E-state index in [1.54, 1.807) is 19.4 Å². The van der Waals surface area contributed by atoms with E-state index in [4.69, 9.17) is 10.5 Å². The zero-order valence-electron chi connectivity index (χ0n) is 16.2. The van der Waals surface area contributed by atoms with Crippen molar-refractivity contribution in [2.75, 3.05) is 12.8 Å². The summed E-state index contributed by atoms with van der Waals surface area (Å²) in [6, 6.07) is 8.01. The monoisotopic (exact) mass is 379 g/mol. The van der Waals surface area contributed by atoms with Gasteiger partial charge in [0.05, 0.1) is 19.2 Å². The van der Waals surface area contributed by atoms with Crippen molar-refractivity contribution >= 4 is 22.6 Å². The van der Waals surface area contributed by atoms with Gasteiger partial charge in [0.25, 0.3) is 5.91 Å². The maximum Gasteiger partial charge on any atom is 0.254 e. The smallest absolute Gasteiger partial charge is 0.254 e. The van der Waals surface area contributed by atoms with Crippen LogP contribution in [0.1, 0.15) is 53.6 Å². The number of amides is 1. The minimum Gasteiger partial charge on any atom is -0.497 e. The highest BCUT2D eigenvalue weighted by Crippen LogP contribution is 2.38. The van der Waals surface area contributed by atoms with Crippen LogP contribution < -0.4 is 15.8 Å². The summed E-state index contributed by atoms with van der Waals surface area (Å²) in [4.78, 5) is 21.4. The molecule has 0 aliphatic heterocycles. The number of nitrogens with zero attached hydrogens (tertiary/aromatic N) is 3. The second-order valence-corrected chi connectivity index (χ2v) is 7.23. The fourth-order valence-corrected chi connectivity index (χ4v) is 4.22. The Bertz CT molecular complexity index is 1020. The predicted octanol–water partition coefficient (Wildman–Crippen LogP) is 3.38. The van der Waals surface area contributed by atoms with E-state index in [0.29, 0.717) is 23.2 Å². The fourth-order valence-electron chi connectivity index (χ4n) is 4.22. The van der Waals surface area contributed by atoms with Crippen LogP contribution in [0.15, 0.2) is 30.5 Å². The lowest BCUT2D eigenvalue weighted by atomic mass is 10.1. The van der Waals surface area contributed by atoms with Crippen LogP contribution in [-0.2, 0) is 6.54 Å². The minimum atomic E-state index is -0.140. The first-order chi connectivity index (χ1) is 13.6. The molecule has 0 saturated heterocycles. The van der Waals surface area contributed by atoms with E-state index in [1.165, 1.54) is 12.8 Å². The molecule has 0 unspecified atom stereocenters. The van der Waals surface area contributed by atoms with Crippen molar-refractivity contribution in [2.45, 2.75) is 45.2 Å². The molecular formula is C21H25N5O2. The number of benzene rings is 1. The summed E-state index contributed by atoms with van der Waals surface area (Å²) in [7, 11) is 1.64. The number of nitrogen functional groups attached to an aromatic ring is 1. The zero-order chi connectivity index (χ0) is 19.7. The molecule has 28 heavy (non-hydrogen) atoms. The summed E-state index contributed by atoms with van der Waals surface area (Å²) in [5, 5.41) is 3.85. The third kappa shape index (κ3) is 3.28. The van der Waals surface area contributed by atoms with Gasteiger partial charge in [0.15, 0.2) is 0 Å². The minimum absolute atomic E-state index is 0.140. The first-order valence-corrected chi connectivity index (χ1v) is 9.62. The van der Waals surface area contributed by atoms with Gasteiger partial charge in [-0.25, -0.2) is 9.97 Å². The van der Waals surface area contributed by atoms with Crippen molar-refractivity contribution in [3.05, 3.63) is 47.5 Å². The van der Waals surface area contributed by atoms with Crippen molar-refractivity contribution in [3.8, 4) is 5.75 Å². The lowest BCUT2D eigenvalue weighted by Gasteiger charge is -2.16. The number of nitrogens with one attached hydrogen (secondary N) is 1. The number of ether oxygens (including phenoxy) is 1. The summed E-state index contributed by atoms with van der Waals surface area (Å²) in [5.41, 5.74) is 8.45. The summed E-state index contributed by atoms with van der Waals surface area (Å²) in [5.74, 6) is 1.48. The molecule has 3 N–H and O–H groups in total. The Balaban J connectivity index is 1.72. The number of methoxy groups -OCH3 is 1. The first-order valence-electron chi connectivity index (χ1n) is 9.62. The van der Waals surface area contributed by atoms with Crippen molar-refractivity contribution in [2.24, 2.45) is 0 Å². The van der Waals surface area contributed by atoms with E-state index in [-0.39, 0.29) is 12.5 Å². The van der Waals surface area contributed by atoms with Crippen molar-refractivity contribution in [1.82, 2.24) is 19.9 Å². The average molecular weight is 379 g/mol. The van der Waals surface area contributed by atoms with E-state index in [1.807, 2.05) is 19.1 Å². The largest absolute Gasteiger partial charge is 0.497 e. The van der Waals surface area contributed by atoms with Gasteiger partial charge in [-0.3, -0.25) is 4.79 Å². The van der Waals surface area contributed by atoms with E-state index in [2.05, 4.69) is 25.9 Å². The molecule has 7 heteroatoms. The number of fused-ring (bicyclic) bond motifs is 1. The number of hydrogen-bond acceptors (Lipinski definition) is 5. The average Bonchev–Trinajstić information content (AvgIpc) is 3.31. The van der Waals surface area contributed by atoms with Crippen molar-refractivity contribution < 1.29 is 9.53 Å². The van der Waals surface area contributed by atoms with Crippen LogP contribution in [0.3, 0.4) is 0 Å². The van der Waals surface area contributed by atoms with Crippen LogP contribution in [0.25, 0.3) is 10.9 Å². The van der Waals surface area contributed by atoms with Gasteiger partial charge in [0.2, 0.25) is 0 Å². The van der Waals surface area contributed by atoms with Gasteiger partial charge in [0.1, 0.15) is 17.4 Å². The topological polar surface area (TPSA) is 95.1 Å². The Morgan fingerprint density at radius 3 is 2.82 bits per heavy atom. The van der Waals surface area contributed by atoms with Crippen LogP contribution in [-0.4, -0.2) is 27.6 Å². The lowest BCUT2D eigenvalue weighted by molar-refractivity contribution is 0.0950. The fraction of sp³-hybridized carbons (Fsp3) is 0.381. The quantitative estimate of drug-likeness (QED) is 0.709.